The van der Waals surface area contributed by atoms with Gasteiger partial charge in [0.25, 0.3) is 11.5 Å². The molecule has 158 valence electrons. The third-order valence-electron chi connectivity index (χ3n) is 5.90. The topological polar surface area (TPSA) is 86.4 Å². The smallest absolute Gasteiger partial charge is 0.254 e. The number of likely N-dealkylation sites (tertiary alicyclic amines) is 1. The fourth-order valence-corrected chi connectivity index (χ4v) is 4.49. The largest absolute Gasteiger partial charge is 0.336 e. The first-order valence-corrected chi connectivity index (χ1v) is 10.8. The lowest BCUT2D eigenvalue weighted by Gasteiger charge is -2.36. The highest BCUT2D eigenvalue weighted by Gasteiger charge is 2.32. The highest BCUT2D eigenvalue weighted by Crippen LogP contribution is 2.31. The maximum atomic E-state index is 13.2. The Morgan fingerprint density at radius 2 is 2.10 bits per heavy atom. The average molecular weight is 429 g/mol. The summed E-state index contributed by atoms with van der Waals surface area (Å²) >= 11 is 6.07. The van der Waals surface area contributed by atoms with Gasteiger partial charge in [0.05, 0.1) is 18.3 Å². The summed E-state index contributed by atoms with van der Waals surface area (Å²) in [6.07, 6.45) is 3.50. The fourth-order valence-electron chi connectivity index (χ4n) is 4.30. The lowest BCUT2D eigenvalue weighted by atomic mass is 9.99. The first-order valence-electron chi connectivity index (χ1n) is 10.4. The van der Waals surface area contributed by atoms with Gasteiger partial charge in [-0.05, 0) is 43.9 Å². The van der Waals surface area contributed by atoms with Crippen molar-refractivity contribution in [1.82, 2.24) is 19.8 Å². The van der Waals surface area contributed by atoms with E-state index in [1.54, 1.807) is 34.1 Å². The molecule has 2 aliphatic heterocycles. The van der Waals surface area contributed by atoms with E-state index in [1.807, 2.05) is 6.92 Å². The molecule has 4 rings (SSSR count). The molecular formula is C22H25ClN4O3. The number of nitrogens with zero attached hydrogens (tertiary/aromatic N) is 3. The number of amides is 2. The number of aromatic amines is 1. The Balaban J connectivity index is 1.66. The molecule has 30 heavy (non-hydrogen) atoms. The zero-order valence-electron chi connectivity index (χ0n) is 17.0. The van der Waals surface area contributed by atoms with Crippen molar-refractivity contribution in [2.75, 3.05) is 13.1 Å². The number of H-pyrrole nitrogens is 1. The summed E-state index contributed by atoms with van der Waals surface area (Å²) in [5.74, 6) is 0.435. The lowest BCUT2D eigenvalue weighted by Crippen LogP contribution is -2.42. The predicted octanol–water partition coefficient (Wildman–Crippen LogP) is 3.09. The van der Waals surface area contributed by atoms with Crippen LogP contribution in [0.5, 0.6) is 0 Å². The zero-order chi connectivity index (χ0) is 21.3. The Hall–Kier alpha value is -2.67. The number of halogens is 1. The Bertz CT molecular complexity index is 1040. The molecule has 0 bridgehead atoms. The van der Waals surface area contributed by atoms with Gasteiger partial charge < -0.3 is 14.8 Å². The van der Waals surface area contributed by atoms with Crippen LogP contribution in [0.15, 0.2) is 29.1 Å². The second-order valence-electron chi connectivity index (χ2n) is 7.82. The van der Waals surface area contributed by atoms with Gasteiger partial charge in [0.2, 0.25) is 5.91 Å². The van der Waals surface area contributed by atoms with E-state index in [0.29, 0.717) is 60.1 Å². The second-order valence-corrected chi connectivity index (χ2v) is 8.25. The van der Waals surface area contributed by atoms with Gasteiger partial charge in [-0.25, -0.2) is 4.98 Å². The summed E-state index contributed by atoms with van der Waals surface area (Å²) in [4.78, 5) is 49.2. The van der Waals surface area contributed by atoms with Crippen molar-refractivity contribution in [3.63, 3.8) is 0 Å². The van der Waals surface area contributed by atoms with E-state index < -0.39 is 0 Å². The summed E-state index contributed by atoms with van der Waals surface area (Å²) in [6.45, 7) is 3.30. The van der Waals surface area contributed by atoms with Gasteiger partial charge in [-0.15, -0.1) is 0 Å². The standard InChI is InChI=1S/C22H25ClN4O3/c1-2-19(28)26-11-9-16-17(13-26)24-20(25-21(16)29)18-8-3-4-10-27(18)22(30)14-6-5-7-15(23)12-14/h5-7,12,18H,2-4,8-11,13H2,1H3,(H,24,25,29)/t18-/m1/s1. The average Bonchev–Trinajstić information content (AvgIpc) is 2.77. The third kappa shape index (κ3) is 3.99. The van der Waals surface area contributed by atoms with E-state index in [4.69, 9.17) is 16.6 Å². The van der Waals surface area contributed by atoms with Crippen molar-refractivity contribution < 1.29 is 9.59 Å². The van der Waals surface area contributed by atoms with Crippen LogP contribution in [-0.4, -0.2) is 44.7 Å². The van der Waals surface area contributed by atoms with Crippen LogP contribution < -0.4 is 5.56 Å². The maximum absolute atomic E-state index is 13.2. The number of aromatic nitrogens is 2. The quantitative estimate of drug-likeness (QED) is 0.813. The van der Waals surface area contributed by atoms with Crippen molar-refractivity contribution in [3.05, 3.63) is 62.3 Å². The van der Waals surface area contributed by atoms with Crippen molar-refractivity contribution in [2.24, 2.45) is 0 Å². The van der Waals surface area contributed by atoms with E-state index in [1.165, 1.54) is 0 Å². The molecule has 0 saturated carbocycles. The number of carbonyl (C=O) groups excluding carboxylic acids is 2. The Labute approximate surface area is 180 Å². The van der Waals surface area contributed by atoms with E-state index in [2.05, 4.69) is 4.98 Å². The van der Waals surface area contributed by atoms with Crippen LogP contribution in [0.3, 0.4) is 0 Å². The van der Waals surface area contributed by atoms with Gasteiger partial charge in [0, 0.05) is 35.7 Å². The minimum atomic E-state index is -0.305. The minimum Gasteiger partial charge on any atom is -0.336 e. The van der Waals surface area contributed by atoms with Crippen LogP contribution in [0, 0.1) is 0 Å². The number of fused-ring (bicyclic) bond motifs is 1. The molecule has 1 N–H and O–H groups in total. The monoisotopic (exact) mass is 428 g/mol. The summed E-state index contributed by atoms with van der Waals surface area (Å²) in [6, 6.07) is 6.59. The van der Waals surface area contributed by atoms with Crippen LogP contribution in [0.25, 0.3) is 0 Å². The van der Waals surface area contributed by atoms with Gasteiger partial charge in [0.15, 0.2) is 0 Å². The number of hydrogen-bond acceptors (Lipinski definition) is 4. The van der Waals surface area contributed by atoms with Crippen LogP contribution in [0.4, 0.5) is 0 Å². The predicted molar refractivity (Wildman–Crippen MR) is 113 cm³/mol. The van der Waals surface area contributed by atoms with Crippen LogP contribution in [0.1, 0.15) is 66.1 Å². The van der Waals surface area contributed by atoms with E-state index in [9.17, 15) is 14.4 Å². The molecule has 0 unspecified atom stereocenters. The van der Waals surface area contributed by atoms with Crippen molar-refractivity contribution >= 4 is 23.4 Å². The number of rotatable bonds is 3. The zero-order valence-corrected chi connectivity index (χ0v) is 17.7. The minimum absolute atomic E-state index is 0.0553. The van der Waals surface area contributed by atoms with Crippen molar-refractivity contribution in [3.8, 4) is 0 Å². The molecule has 2 aliphatic rings. The Morgan fingerprint density at radius 1 is 1.27 bits per heavy atom. The number of nitrogens with one attached hydrogen (secondary N) is 1. The molecule has 1 atom stereocenters. The second kappa shape index (κ2) is 8.60. The molecule has 1 saturated heterocycles. The van der Waals surface area contributed by atoms with Crippen LogP contribution in [-0.2, 0) is 17.8 Å². The van der Waals surface area contributed by atoms with Crippen LogP contribution >= 0.6 is 11.6 Å². The first-order chi connectivity index (χ1) is 14.5. The highest BCUT2D eigenvalue weighted by molar-refractivity contribution is 6.30. The van der Waals surface area contributed by atoms with Gasteiger partial charge >= 0.3 is 0 Å². The summed E-state index contributed by atoms with van der Waals surface area (Å²) in [5, 5.41) is 0.510. The van der Waals surface area contributed by atoms with Crippen LogP contribution in [0.2, 0.25) is 5.02 Å². The lowest BCUT2D eigenvalue weighted by molar-refractivity contribution is -0.131. The summed E-state index contributed by atoms with van der Waals surface area (Å²) < 4.78 is 0. The molecule has 0 radical (unpaired) electrons. The van der Waals surface area contributed by atoms with Crippen molar-refractivity contribution in [2.45, 2.75) is 51.6 Å². The maximum Gasteiger partial charge on any atom is 0.254 e. The van der Waals surface area contributed by atoms with Gasteiger partial charge in [-0.3, -0.25) is 14.4 Å². The normalized spacial score (nSPS) is 18.8. The Kier molecular flexibility index (Phi) is 5.90. The number of hydrogen-bond donors (Lipinski definition) is 1. The molecule has 0 spiro atoms. The molecule has 3 heterocycles. The highest BCUT2D eigenvalue weighted by atomic mass is 35.5. The summed E-state index contributed by atoms with van der Waals surface area (Å²) in [7, 11) is 0. The number of piperidine rings is 1. The SMILES string of the molecule is CCC(=O)N1CCc2c(nc([C@H]3CCCCN3C(=O)c3cccc(Cl)c3)[nH]c2=O)C1. The van der Waals surface area contributed by atoms with E-state index in [0.717, 1.165) is 19.3 Å². The number of carbonyl (C=O) groups is 2. The van der Waals surface area contributed by atoms with E-state index >= 15 is 0 Å². The molecule has 8 heteroatoms. The van der Waals surface area contributed by atoms with Crippen molar-refractivity contribution in [1.29, 1.82) is 0 Å². The van der Waals surface area contributed by atoms with E-state index in [-0.39, 0.29) is 23.4 Å². The third-order valence-corrected chi connectivity index (χ3v) is 6.13. The molecular weight excluding hydrogens is 404 g/mol. The molecule has 7 nitrogen and oxygen atoms in total. The molecule has 0 aliphatic carbocycles. The number of benzene rings is 1. The molecule has 1 fully saturated rings. The summed E-state index contributed by atoms with van der Waals surface area (Å²) in [5.41, 5.74) is 1.64. The Morgan fingerprint density at radius 3 is 2.87 bits per heavy atom. The fraction of sp³-hybridized carbons (Fsp3) is 0.455. The van der Waals surface area contributed by atoms with Gasteiger partial charge in [-0.2, -0.15) is 0 Å². The molecule has 2 amide bonds. The molecule has 1 aromatic carbocycles. The molecule has 1 aromatic heterocycles. The van der Waals surface area contributed by atoms with Gasteiger partial charge in [0.1, 0.15) is 5.82 Å². The first kappa shape index (κ1) is 20.6. The molecule has 2 aromatic rings. The van der Waals surface area contributed by atoms with Gasteiger partial charge in [-0.1, -0.05) is 24.6 Å².